The van der Waals surface area contributed by atoms with Gasteiger partial charge in [-0.25, -0.2) is 19.7 Å². The van der Waals surface area contributed by atoms with Crippen molar-refractivity contribution in [1.82, 2.24) is 30.0 Å². The molecule has 0 aliphatic heterocycles. The summed E-state index contributed by atoms with van der Waals surface area (Å²) in [6, 6.07) is 7.81. The molecule has 9 heteroatoms. The minimum Gasteiger partial charge on any atom is -0.328 e. The first kappa shape index (κ1) is 15.9. The molecule has 2 aromatic heterocycles. The Balaban J connectivity index is 1.70. The molecule has 0 radical (unpaired) electrons. The summed E-state index contributed by atoms with van der Waals surface area (Å²) >= 11 is 5.90. The molecule has 0 spiro atoms. The van der Waals surface area contributed by atoms with Gasteiger partial charge in [-0.05, 0) is 31.2 Å². The van der Waals surface area contributed by atoms with Gasteiger partial charge in [-0.2, -0.15) is 9.78 Å². The molecule has 2 heterocycles. The fourth-order valence-corrected chi connectivity index (χ4v) is 2.29. The van der Waals surface area contributed by atoms with Gasteiger partial charge in [0.05, 0.1) is 6.04 Å². The molecule has 122 valence electrons. The molecule has 0 fully saturated rings. The van der Waals surface area contributed by atoms with Crippen LogP contribution >= 0.6 is 11.6 Å². The monoisotopic (exact) mass is 343 g/mol. The van der Waals surface area contributed by atoms with E-state index in [1.165, 1.54) is 11.0 Å². The van der Waals surface area contributed by atoms with Gasteiger partial charge in [-0.1, -0.05) is 17.7 Å². The highest BCUT2D eigenvalue weighted by Crippen LogP contribution is 2.16. The van der Waals surface area contributed by atoms with E-state index >= 15 is 0 Å². The zero-order chi connectivity index (χ0) is 16.9. The highest BCUT2D eigenvalue weighted by molar-refractivity contribution is 6.30. The van der Waals surface area contributed by atoms with E-state index in [0.29, 0.717) is 22.5 Å². The summed E-state index contributed by atoms with van der Waals surface area (Å²) in [5.74, 6) is 0.899. The SMILES string of the molecule is C[C@H](NC(=O)Nc1cccc(Cl)c1)c1ncnn1-c1ncccn1. The number of aromatic nitrogens is 5. The van der Waals surface area contributed by atoms with Gasteiger partial charge < -0.3 is 10.6 Å². The predicted octanol–water partition coefficient (Wildman–Crippen LogP) is 2.59. The molecular weight excluding hydrogens is 330 g/mol. The van der Waals surface area contributed by atoms with Gasteiger partial charge in [0, 0.05) is 23.1 Å². The summed E-state index contributed by atoms with van der Waals surface area (Å²) in [5, 5.41) is 10.1. The van der Waals surface area contributed by atoms with Gasteiger partial charge in [-0.3, -0.25) is 0 Å². The average molecular weight is 344 g/mol. The van der Waals surface area contributed by atoms with Gasteiger partial charge >= 0.3 is 6.03 Å². The van der Waals surface area contributed by atoms with Crippen molar-refractivity contribution in [3.63, 3.8) is 0 Å². The minimum absolute atomic E-state index is 0.381. The zero-order valence-electron chi connectivity index (χ0n) is 12.7. The molecule has 3 rings (SSSR count). The number of carbonyl (C=O) groups excluding carboxylic acids is 1. The van der Waals surface area contributed by atoms with Gasteiger partial charge in [-0.15, -0.1) is 0 Å². The molecule has 2 amide bonds. The first-order chi connectivity index (χ1) is 11.6. The lowest BCUT2D eigenvalue weighted by Gasteiger charge is -2.14. The Morgan fingerprint density at radius 1 is 1.21 bits per heavy atom. The van der Waals surface area contributed by atoms with E-state index in [1.54, 1.807) is 49.6 Å². The van der Waals surface area contributed by atoms with E-state index in [-0.39, 0.29) is 6.03 Å². The Labute approximate surface area is 142 Å². The zero-order valence-corrected chi connectivity index (χ0v) is 13.5. The molecule has 2 N–H and O–H groups in total. The molecule has 1 aromatic carbocycles. The number of hydrogen-bond donors (Lipinski definition) is 2. The molecular formula is C15H14ClN7O. The smallest absolute Gasteiger partial charge is 0.319 e. The third kappa shape index (κ3) is 3.66. The molecule has 24 heavy (non-hydrogen) atoms. The summed E-state index contributed by atoms with van der Waals surface area (Å²) in [6.45, 7) is 1.79. The molecule has 3 aromatic rings. The molecule has 0 aliphatic carbocycles. The first-order valence-electron chi connectivity index (χ1n) is 7.14. The predicted molar refractivity (Wildman–Crippen MR) is 89.0 cm³/mol. The number of nitrogens with one attached hydrogen (secondary N) is 2. The number of rotatable bonds is 4. The van der Waals surface area contributed by atoms with Crippen LogP contribution in [0.15, 0.2) is 49.1 Å². The number of urea groups is 1. The Kier molecular flexibility index (Phi) is 4.66. The Morgan fingerprint density at radius 3 is 2.75 bits per heavy atom. The largest absolute Gasteiger partial charge is 0.328 e. The van der Waals surface area contributed by atoms with Crippen molar-refractivity contribution in [3.8, 4) is 5.95 Å². The van der Waals surface area contributed by atoms with E-state index in [9.17, 15) is 4.79 Å². The number of anilines is 1. The number of nitrogens with zero attached hydrogens (tertiary/aromatic N) is 5. The van der Waals surface area contributed by atoms with Crippen LogP contribution in [0.2, 0.25) is 5.02 Å². The molecule has 0 saturated carbocycles. The van der Waals surface area contributed by atoms with Gasteiger partial charge in [0.2, 0.25) is 0 Å². The van der Waals surface area contributed by atoms with Crippen LogP contribution in [0.3, 0.4) is 0 Å². The van der Waals surface area contributed by atoms with Crippen LogP contribution in [0, 0.1) is 0 Å². The van der Waals surface area contributed by atoms with E-state index in [1.807, 2.05) is 0 Å². The average Bonchev–Trinajstić information content (AvgIpc) is 3.05. The van der Waals surface area contributed by atoms with Crippen molar-refractivity contribution in [3.05, 3.63) is 59.9 Å². The molecule has 0 saturated heterocycles. The quantitative estimate of drug-likeness (QED) is 0.758. The number of carbonyl (C=O) groups is 1. The Morgan fingerprint density at radius 2 is 2.00 bits per heavy atom. The Bertz CT molecular complexity index is 837. The highest BCUT2D eigenvalue weighted by Gasteiger charge is 2.17. The van der Waals surface area contributed by atoms with Crippen LogP contribution in [0.5, 0.6) is 0 Å². The summed E-state index contributed by atoms with van der Waals surface area (Å²) in [5.41, 5.74) is 0.597. The van der Waals surface area contributed by atoms with E-state index in [2.05, 4.69) is 30.7 Å². The number of halogens is 1. The maximum atomic E-state index is 12.1. The Hall–Kier alpha value is -3.00. The standard InChI is InChI=1S/C15H14ClN7O/c1-10(21-15(24)22-12-5-2-4-11(16)8-12)13-19-9-20-23(13)14-17-6-3-7-18-14/h2-10H,1H3,(H2,21,22,24)/t10-/m0/s1. The van der Waals surface area contributed by atoms with Crippen LogP contribution in [-0.2, 0) is 0 Å². The fraction of sp³-hybridized carbons (Fsp3) is 0.133. The maximum Gasteiger partial charge on any atom is 0.319 e. The number of benzene rings is 1. The molecule has 0 unspecified atom stereocenters. The minimum atomic E-state index is -0.407. The summed E-state index contributed by atoms with van der Waals surface area (Å²) < 4.78 is 1.48. The van der Waals surface area contributed by atoms with Crippen LogP contribution in [-0.4, -0.2) is 30.8 Å². The summed E-state index contributed by atoms with van der Waals surface area (Å²) in [4.78, 5) is 24.6. The molecule has 8 nitrogen and oxygen atoms in total. The molecule has 0 bridgehead atoms. The van der Waals surface area contributed by atoms with Crippen molar-refractivity contribution in [2.45, 2.75) is 13.0 Å². The van der Waals surface area contributed by atoms with Crippen LogP contribution in [0.4, 0.5) is 10.5 Å². The van der Waals surface area contributed by atoms with E-state index < -0.39 is 6.04 Å². The fourth-order valence-electron chi connectivity index (χ4n) is 2.09. The van der Waals surface area contributed by atoms with Crippen LogP contribution in [0.25, 0.3) is 5.95 Å². The van der Waals surface area contributed by atoms with Crippen molar-refractivity contribution in [2.75, 3.05) is 5.32 Å². The second-order valence-electron chi connectivity index (χ2n) is 4.91. The summed E-state index contributed by atoms with van der Waals surface area (Å²) in [7, 11) is 0. The van der Waals surface area contributed by atoms with Gasteiger partial charge in [0.25, 0.3) is 5.95 Å². The van der Waals surface area contributed by atoms with Crippen molar-refractivity contribution in [2.24, 2.45) is 0 Å². The van der Waals surface area contributed by atoms with Crippen LogP contribution in [0.1, 0.15) is 18.8 Å². The van der Waals surface area contributed by atoms with Crippen molar-refractivity contribution in [1.29, 1.82) is 0 Å². The lowest BCUT2D eigenvalue weighted by atomic mass is 10.3. The first-order valence-corrected chi connectivity index (χ1v) is 7.51. The number of hydrogen-bond acceptors (Lipinski definition) is 5. The normalized spacial score (nSPS) is 11.8. The highest BCUT2D eigenvalue weighted by atomic mass is 35.5. The lowest BCUT2D eigenvalue weighted by molar-refractivity contribution is 0.248. The lowest BCUT2D eigenvalue weighted by Crippen LogP contribution is -2.32. The van der Waals surface area contributed by atoms with Crippen molar-refractivity contribution < 1.29 is 4.79 Å². The van der Waals surface area contributed by atoms with Crippen molar-refractivity contribution >= 4 is 23.3 Å². The van der Waals surface area contributed by atoms with Gasteiger partial charge in [0.15, 0.2) is 5.82 Å². The second-order valence-corrected chi connectivity index (χ2v) is 5.35. The number of amides is 2. The molecule has 0 aliphatic rings. The second kappa shape index (κ2) is 7.05. The topological polar surface area (TPSA) is 97.6 Å². The third-order valence-electron chi connectivity index (χ3n) is 3.13. The van der Waals surface area contributed by atoms with Gasteiger partial charge in [0.1, 0.15) is 6.33 Å². The van der Waals surface area contributed by atoms with E-state index in [4.69, 9.17) is 11.6 Å². The summed E-state index contributed by atoms with van der Waals surface area (Å²) in [6.07, 6.45) is 4.61. The maximum absolute atomic E-state index is 12.1. The van der Waals surface area contributed by atoms with Crippen LogP contribution < -0.4 is 10.6 Å². The molecule has 1 atom stereocenters. The van der Waals surface area contributed by atoms with E-state index in [0.717, 1.165) is 0 Å². The third-order valence-corrected chi connectivity index (χ3v) is 3.37.